The third-order valence-electron chi connectivity index (χ3n) is 5.01. The molecule has 0 aromatic heterocycles. The Morgan fingerprint density at radius 1 is 1.12 bits per heavy atom. The number of nitrogens with one attached hydrogen (secondary N) is 1. The average Bonchev–Trinajstić information content (AvgIpc) is 3.44. The van der Waals surface area contributed by atoms with Gasteiger partial charge in [0.15, 0.2) is 0 Å². The molecule has 0 spiro atoms. The summed E-state index contributed by atoms with van der Waals surface area (Å²) in [5.74, 6) is 1.31. The van der Waals surface area contributed by atoms with Crippen molar-refractivity contribution in [2.45, 2.75) is 59.3 Å². The van der Waals surface area contributed by atoms with Crippen LogP contribution in [0.3, 0.4) is 0 Å². The van der Waals surface area contributed by atoms with Crippen LogP contribution in [-0.4, -0.2) is 48.6 Å². The van der Waals surface area contributed by atoms with Crippen LogP contribution in [0.4, 0.5) is 0 Å². The molecule has 1 aliphatic heterocycles. The number of nitrogens with zero attached hydrogens (tertiary/aromatic N) is 1. The number of carbonyl (C=O) groups excluding carboxylic acids is 1. The van der Waals surface area contributed by atoms with Crippen molar-refractivity contribution in [3.8, 4) is 0 Å². The van der Waals surface area contributed by atoms with E-state index in [4.69, 9.17) is 9.90 Å². The molecule has 1 saturated carbocycles. The maximum absolute atomic E-state index is 11.7. The Kier molecular flexibility index (Phi) is 10.9. The fourth-order valence-electron chi connectivity index (χ4n) is 3.08. The first-order valence-electron chi connectivity index (χ1n) is 9.83. The van der Waals surface area contributed by atoms with Crippen molar-refractivity contribution in [2.75, 3.05) is 26.2 Å². The zero-order valence-electron chi connectivity index (χ0n) is 16.7. The molecule has 1 aliphatic carbocycles. The number of hydrogen-bond donors (Lipinski definition) is 2. The fourth-order valence-corrected chi connectivity index (χ4v) is 3.08. The lowest BCUT2D eigenvalue weighted by Crippen LogP contribution is -2.39. The van der Waals surface area contributed by atoms with Gasteiger partial charge in [0.05, 0.1) is 0 Å². The molecule has 1 amide bonds. The summed E-state index contributed by atoms with van der Waals surface area (Å²) >= 11 is 0. The zero-order valence-corrected chi connectivity index (χ0v) is 16.7. The van der Waals surface area contributed by atoms with Gasteiger partial charge in [-0.25, -0.2) is 0 Å². The standard InChI is InChI=1S/C20H34N2O.CH2O2/c1-16(2)5-4-6-17(3)9-12-22-13-10-18(11-14-22)15-21-20(23)19-7-8-19;2-1-3/h5,9,18-19H,4,6-8,10-15H2,1-3H3,(H,21,23);1H,(H,2,3). The van der Waals surface area contributed by atoms with Crippen molar-refractivity contribution in [1.29, 1.82) is 0 Å². The molecule has 148 valence electrons. The van der Waals surface area contributed by atoms with Crippen LogP contribution < -0.4 is 5.32 Å². The summed E-state index contributed by atoms with van der Waals surface area (Å²) in [4.78, 5) is 22.6. The second-order valence-electron chi connectivity index (χ2n) is 7.74. The Morgan fingerprint density at radius 3 is 2.27 bits per heavy atom. The second kappa shape index (κ2) is 12.7. The highest BCUT2D eigenvalue weighted by molar-refractivity contribution is 5.80. The minimum Gasteiger partial charge on any atom is -0.483 e. The lowest BCUT2D eigenvalue weighted by atomic mass is 9.96. The Hall–Kier alpha value is -1.62. The first-order valence-corrected chi connectivity index (χ1v) is 9.83. The normalized spacial score (nSPS) is 18.5. The van der Waals surface area contributed by atoms with Crippen LogP contribution >= 0.6 is 0 Å². The van der Waals surface area contributed by atoms with Gasteiger partial charge in [-0.3, -0.25) is 14.5 Å². The van der Waals surface area contributed by atoms with Crippen LogP contribution in [-0.2, 0) is 9.59 Å². The first-order chi connectivity index (χ1) is 12.5. The number of amides is 1. The summed E-state index contributed by atoms with van der Waals surface area (Å²) in [6, 6.07) is 0. The van der Waals surface area contributed by atoms with Crippen LogP contribution in [0.25, 0.3) is 0 Å². The quantitative estimate of drug-likeness (QED) is 0.510. The van der Waals surface area contributed by atoms with Crippen molar-refractivity contribution < 1.29 is 14.7 Å². The summed E-state index contributed by atoms with van der Waals surface area (Å²) in [7, 11) is 0. The molecule has 0 unspecified atom stereocenters. The van der Waals surface area contributed by atoms with Crippen molar-refractivity contribution in [3.05, 3.63) is 23.3 Å². The Labute approximate surface area is 158 Å². The van der Waals surface area contributed by atoms with E-state index >= 15 is 0 Å². The largest absolute Gasteiger partial charge is 0.483 e. The highest BCUT2D eigenvalue weighted by Crippen LogP contribution is 2.29. The molecule has 5 nitrogen and oxygen atoms in total. The van der Waals surface area contributed by atoms with Crippen LogP contribution in [0.2, 0.25) is 0 Å². The second-order valence-corrected chi connectivity index (χ2v) is 7.74. The van der Waals surface area contributed by atoms with Crippen LogP contribution in [0, 0.1) is 11.8 Å². The monoisotopic (exact) mass is 364 g/mol. The van der Waals surface area contributed by atoms with E-state index in [0.29, 0.717) is 17.7 Å². The van der Waals surface area contributed by atoms with Gasteiger partial charge in [0.1, 0.15) is 0 Å². The van der Waals surface area contributed by atoms with Crippen molar-refractivity contribution >= 4 is 12.4 Å². The van der Waals surface area contributed by atoms with E-state index in [-0.39, 0.29) is 6.47 Å². The van der Waals surface area contributed by atoms with Gasteiger partial charge < -0.3 is 10.4 Å². The molecule has 2 fully saturated rings. The average molecular weight is 365 g/mol. The molecule has 26 heavy (non-hydrogen) atoms. The van der Waals surface area contributed by atoms with Crippen molar-refractivity contribution in [3.63, 3.8) is 0 Å². The first kappa shape index (κ1) is 22.4. The molecule has 1 heterocycles. The van der Waals surface area contributed by atoms with Gasteiger partial charge in [0, 0.05) is 19.0 Å². The maximum Gasteiger partial charge on any atom is 0.290 e. The number of carbonyl (C=O) groups is 2. The molecule has 2 aliphatic rings. The number of allylic oxidation sites excluding steroid dienone is 3. The highest BCUT2D eigenvalue weighted by Gasteiger charge is 2.30. The molecule has 0 radical (unpaired) electrons. The fraction of sp³-hybridized carbons (Fsp3) is 0.714. The molecule has 5 heteroatoms. The van der Waals surface area contributed by atoms with Gasteiger partial charge in [-0.15, -0.1) is 0 Å². The third-order valence-corrected chi connectivity index (χ3v) is 5.01. The topological polar surface area (TPSA) is 69.6 Å². The number of likely N-dealkylation sites (tertiary alicyclic amines) is 1. The number of hydrogen-bond acceptors (Lipinski definition) is 3. The van der Waals surface area contributed by atoms with Crippen LogP contribution in [0.5, 0.6) is 0 Å². The number of carboxylic acid groups (broad SMARTS) is 1. The Bertz CT molecular complexity index is 483. The lowest BCUT2D eigenvalue weighted by molar-refractivity contribution is -0.123. The molecular formula is C21H36N2O3. The third kappa shape index (κ3) is 10.4. The summed E-state index contributed by atoms with van der Waals surface area (Å²) in [5.41, 5.74) is 2.91. The van der Waals surface area contributed by atoms with Gasteiger partial charge in [-0.1, -0.05) is 23.3 Å². The summed E-state index contributed by atoms with van der Waals surface area (Å²) in [5, 5.41) is 10.0. The molecule has 0 aromatic carbocycles. The van der Waals surface area contributed by atoms with Crippen molar-refractivity contribution in [2.24, 2.45) is 11.8 Å². The summed E-state index contributed by atoms with van der Waals surface area (Å²) in [6.07, 6.45) is 11.7. The number of piperidine rings is 1. The number of rotatable bonds is 8. The van der Waals surface area contributed by atoms with Gasteiger partial charge in [0.25, 0.3) is 6.47 Å². The van der Waals surface area contributed by atoms with Gasteiger partial charge in [-0.2, -0.15) is 0 Å². The molecule has 2 N–H and O–H groups in total. The smallest absolute Gasteiger partial charge is 0.290 e. The molecular weight excluding hydrogens is 328 g/mol. The predicted octanol–water partition coefficient (Wildman–Crippen LogP) is 3.62. The van der Waals surface area contributed by atoms with E-state index in [2.05, 4.69) is 43.1 Å². The van der Waals surface area contributed by atoms with Gasteiger partial charge >= 0.3 is 0 Å². The van der Waals surface area contributed by atoms with Gasteiger partial charge in [-0.05, 0) is 78.3 Å². The Balaban J connectivity index is 0.00000105. The molecule has 1 saturated heterocycles. The predicted molar refractivity (Wildman–Crippen MR) is 106 cm³/mol. The summed E-state index contributed by atoms with van der Waals surface area (Å²) in [6.45, 7) is 10.6. The van der Waals surface area contributed by atoms with E-state index in [0.717, 1.165) is 32.4 Å². The Morgan fingerprint density at radius 2 is 1.73 bits per heavy atom. The molecule has 0 aromatic rings. The van der Waals surface area contributed by atoms with E-state index in [1.165, 1.54) is 43.5 Å². The van der Waals surface area contributed by atoms with Crippen LogP contribution in [0.15, 0.2) is 23.3 Å². The van der Waals surface area contributed by atoms with Crippen molar-refractivity contribution in [1.82, 2.24) is 10.2 Å². The lowest BCUT2D eigenvalue weighted by Gasteiger charge is -2.31. The summed E-state index contributed by atoms with van der Waals surface area (Å²) < 4.78 is 0. The molecule has 0 atom stereocenters. The van der Waals surface area contributed by atoms with Crippen LogP contribution in [0.1, 0.15) is 59.3 Å². The van der Waals surface area contributed by atoms with Gasteiger partial charge in [0.2, 0.25) is 5.91 Å². The minimum atomic E-state index is -0.250. The maximum atomic E-state index is 11.7. The SMILES string of the molecule is CC(C)=CCCC(C)=CCN1CCC(CNC(=O)C2CC2)CC1.O=CO. The molecule has 2 rings (SSSR count). The van der Waals surface area contributed by atoms with E-state index < -0.39 is 0 Å². The van der Waals surface area contributed by atoms with E-state index in [1.54, 1.807) is 0 Å². The molecule has 0 bridgehead atoms. The van der Waals surface area contributed by atoms with E-state index in [9.17, 15) is 4.79 Å². The zero-order chi connectivity index (χ0) is 19.4. The highest BCUT2D eigenvalue weighted by atomic mass is 16.3. The minimum absolute atomic E-state index is 0.250. The van der Waals surface area contributed by atoms with E-state index in [1.807, 2.05) is 0 Å².